The van der Waals surface area contributed by atoms with Gasteiger partial charge in [0.15, 0.2) is 0 Å². The van der Waals surface area contributed by atoms with Crippen molar-refractivity contribution in [3.63, 3.8) is 0 Å². The molecule has 0 atom stereocenters. The molecule has 0 saturated heterocycles. The summed E-state index contributed by atoms with van der Waals surface area (Å²) < 4.78 is 5.51. The number of amides is 1. The molecule has 4 rings (SSSR count). The number of fused-ring (bicyclic) bond motifs is 3. The third kappa shape index (κ3) is 4.53. The molecule has 3 aromatic carbocycles. The summed E-state index contributed by atoms with van der Waals surface area (Å²) >= 11 is 6.12. The first-order chi connectivity index (χ1) is 15.6. The van der Waals surface area contributed by atoms with Gasteiger partial charge in [-0.2, -0.15) is 0 Å². The second-order valence-corrected chi connectivity index (χ2v) is 7.84. The number of halogens is 1. The van der Waals surface area contributed by atoms with E-state index in [1.54, 1.807) is 18.2 Å². The van der Waals surface area contributed by atoms with E-state index in [1.165, 1.54) is 28.3 Å². The summed E-state index contributed by atoms with van der Waals surface area (Å²) in [4.78, 5) is 23.3. The minimum Gasteiger partial charge on any atom is -0.478 e. The first-order valence-electron chi connectivity index (χ1n) is 10.3. The Hall–Kier alpha value is -3.57. The fourth-order valence-corrected chi connectivity index (χ4v) is 4.23. The molecule has 1 aliphatic carbocycles. The van der Waals surface area contributed by atoms with Crippen molar-refractivity contribution < 1.29 is 19.4 Å². The fourth-order valence-electron chi connectivity index (χ4n) is 3.96. The van der Waals surface area contributed by atoms with Crippen LogP contribution in [0, 0.1) is 0 Å². The Balaban J connectivity index is 1.28. The first-order valence-corrected chi connectivity index (χ1v) is 10.7. The zero-order valence-corrected chi connectivity index (χ0v) is 18.0. The Morgan fingerprint density at radius 3 is 2.28 bits per heavy atom. The fraction of sp³-hybridized carbons (Fsp3) is 0.154. The summed E-state index contributed by atoms with van der Waals surface area (Å²) in [6.07, 6.45) is 3.66. The van der Waals surface area contributed by atoms with Crippen molar-refractivity contribution in [1.82, 2.24) is 5.32 Å². The van der Waals surface area contributed by atoms with E-state index in [-0.39, 0.29) is 23.1 Å². The maximum absolute atomic E-state index is 12.2. The number of benzene rings is 3. The highest BCUT2D eigenvalue weighted by Gasteiger charge is 2.28. The van der Waals surface area contributed by atoms with Gasteiger partial charge in [0, 0.05) is 12.5 Å². The molecule has 0 spiro atoms. The molecule has 3 aromatic rings. The maximum atomic E-state index is 12.2. The van der Waals surface area contributed by atoms with E-state index in [1.807, 2.05) is 30.3 Å². The predicted molar refractivity (Wildman–Crippen MR) is 125 cm³/mol. The van der Waals surface area contributed by atoms with Gasteiger partial charge in [-0.25, -0.2) is 9.59 Å². The van der Waals surface area contributed by atoms with Crippen LogP contribution in [0.4, 0.5) is 4.79 Å². The molecule has 2 N–H and O–H groups in total. The van der Waals surface area contributed by atoms with Crippen LogP contribution in [0.25, 0.3) is 17.2 Å². The Morgan fingerprint density at radius 2 is 1.62 bits per heavy atom. The molecule has 5 nitrogen and oxygen atoms in total. The van der Waals surface area contributed by atoms with Crippen LogP contribution in [0.15, 0.2) is 72.8 Å². The van der Waals surface area contributed by atoms with Crippen molar-refractivity contribution in [1.29, 1.82) is 0 Å². The second kappa shape index (κ2) is 9.71. The number of carboxylic acids is 1. The molecule has 1 amide bonds. The summed E-state index contributed by atoms with van der Waals surface area (Å²) in [5.74, 6) is -1.04. The van der Waals surface area contributed by atoms with Crippen LogP contribution < -0.4 is 5.32 Å². The first kappa shape index (κ1) is 21.7. The van der Waals surface area contributed by atoms with Crippen LogP contribution in [-0.4, -0.2) is 30.3 Å². The van der Waals surface area contributed by atoms with Crippen molar-refractivity contribution in [2.24, 2.45) is 0 Å². The van der Waals surface area contributed by atoms with Gasteiger partial charge in [0.1, 0.15) is 6.61 Å². The van der Waals surface area contributed by atoms with Crippen molar-refractivity contribution >= 4 is 29.7 Å². The molecule has 0 aliphatic heterocycles. The zero-order chi connectivity index (χ0) is 22.5. The van der Waals surface area contributed by atoms with Gasteiger partial charge in [0.25, 0.3) is 0 Å². The molecule has 1 aliphatic rings. The average Bonchev–Trinajstić information content (AvgIpc) is 3.12. The van der Waals surface area contributed by atoms with Crippen molar-refractivity contribution in [3.8, 4) is 11.1 Å². The number of nitrogens with one attached hydrogen (secondary N) is 1. The molecule has 0 bridgehead atoms. The van der Waals surface area contributed by atoms with E-state index in [0.29, 0.717) is 18.5 Å². The molecular weight excluding hydrogens is 426 g/mol. The summed E-state index contributed by atoms with van der Waals surface area (Å²) in [5, 5.41) is 12.1. The number of carboxylic acid groups (broad SMARTS) is 1. The van der Waals surface area contributed by atoms with Crippen LogP contribution >= 0.6 is 11.6 Å². The number of aromatic carboxylic acids is 1. The van der Waals surface area contributed by atoms with E-state index in [2.05, 4.69) is 29.6 Å². The van der Waals surface area contributed by atoms with Crippen molar-refractivity contribution in [2.45, 2.75) is 12.3 Å². The van der Waals surface area contributed by atoms with E-state index >= 15 is 0 Å². The Morgan fingerprint density at radius 1 is 0.969 bits per heavy atom. The number of alkyl carbamates (subject to hydrolysis) is 1. The molecule has 32 heavy (non-hydrogen) atoms. The molecule has 0 fully saturated rings. The molecule has 6 heteroatoms. The SMILES string of the molecule is O=C(NCCC=Cc1cccc(C(=O)O)c1Cl)OCC1c2ccccc2-c2ccccc21. The van der Waals surface area contributed by atoms with Crippen molar-refractivity contribution in [3.05, 3.63) is 100 Å². The minimum absolute atomic E-state index is 0.0247. The number of ether oxygens (including phenoxy) is 1. The Labute approximate surface area is 191 Å². The van der Waals surface area contributed by atoms with Crippen LogP contribution in [0.5, 0.6) is 0 Å². The van der Waals surface area contributed by atoms with Crippen LogP contribution in [0.2, 0.25) is 5.02 Å². The van der Waals surface area contributed by atoms with E-state index in [4.69, 9.17) is 21.4 Å². The summed E-state index contributed by atoms with van der Waals surface area (Å²) in [5.41, 5.74) is 5.40. The summed E-state index contributed by atoms with van der Waals surface area (Å²) in [6, 6.07) is 21.2. The van der Waals surface area contributed by atoms with Crippen molar-refractivity contribution in [2.75, 3.05) is 13.2 Å². The van der Waals surface area contributed by atoms with Crippen LogP contribution in [-0.2, 0) is 4.74 Å². The number of carbonyl (C=O) groups excluding carboxylic acids is 1. The summed E-state index contributed by atoms with van der Waals surface area (Å²) in [7, 11) is 0. The molecular formula is C26H22ClNO4. The number of carbonyl (C=O) groups is 2. The number of hydrogen-bond donors (Lipinski definition) is 2. The lowest BCUT2D eigenvalue weighted by Gasteiger charge is -2.14. The molecule has 0 radical (unpaired) electrons. The van der Waals surface area contributed by atoms with Crippen LogP contribution in [0.1, 0.15) is 39.4 Å². The van der Waals surface area contributed by atoms with Gasteiger partial charge in [-0.05, 0) is 40.3 Å². The summed E-state index contributed by atoms with van der Waals surface area (Å²) in [6.45, 7) is 0.663. The maximum Gasteiger partial charge on any atom is 0.407 e. The Bertz CT molecular complexity index is 1140. The van der Waals surface area contributed by atoms with E-state index in [0.717, 1.165) is 0 Å². The monoisotopic (exact) mass is 447 g/mol. The highest BCUT2D eigenvalue weighted by atomic mass is 35.5. The number of rotatable bonds is 7. The molecule has 0 unspecified atom stereocenters. The normalized spacial score (nSPS) is 12.4. The Kier molecular flexibility index (Phi) is 6.57. The van der Waals surface area contributed by atoms with Gasteiger partial charge in [-0.1, -0.05) is 84.4 Å². The third-order valence-corrected chi connectivity index (χ3v) is 5.90. The van der Waals surface area contributed by atoms with E-state index < -0.39 is 12.1 Å². The smallest absolute Gasteiger partial charge is 0.407 e. The molecule has 0 saturated carbocycles. The second-order valence-electron chi connectivity index (χ2n) is 7.46. The number of hydrogen-bond acceptors (Lipinski definition) is 3. The molecule has 0 heterocycles. The van der Waals surface area contributed by atoms with Gasteiger partial charge in [-0.15, -0.1) is 0 Å². The van der Waals surface area contributed by atoms with E-state index in [9.17, 15) is 9.59 Å². The lowest BCUT2D eigenvalue weighted by atomic mass is 9.98. The molecule has 162 valence electrons. The van der Waals surface area contributed by atoms with Gasteiger partial charge in [-0.3, -0.25) is 0 Å². The van der Waals surface area contributed by atoms with Crippen LogP contribution in [0.3, 0.4) is 0 Å². The third-order valence-electron chi connectivity index (χ3n) is 5.48. The largest absolute Gasteiger partial charge is 0.478 e. The lowest BCUT2D eigenvalue weighted by Crippen LogP contribution is -2.26. The van der Waals surface area contributed by atoms with Gasteiger partial charge < -0.3 is 15.2 Å². The highest BCUT2D eigenvalue weighted by molar-refractivity contribution is 6.34. The highest BCUT2D eigenvalue weighted by Crippen LogP contribution is 2.44. The van der Waals surface area contributed by atoms with Gasteiger partial charge in [0.05, 0.1) is 10.6 Å². The minimum atomic E-state index is -1.07. The predicted octanol–water partition coefficient (Wildman–Crippen LogP) is 5.98. The molecule has 0 aromatic heterocycles. The van der Waals surface area contributed by atoms with Gasteiger partial charge >= 0.3 is 12.1 Å². The average molecular weight is 448 g/mol. The standard InChI is InChI=1S/C26H22ClNO4/c27-24-17(9-7-14-22(24)25(29)30)8-5-6-15-28-26(31)32-16-23-20-12-3-1-10-18(20)19-11-2-4-13-21(19)23/h1-5,7-14,23H,6,15-16H2,(H,28,31)(H,29,30). The lowest BCUT2D eigenvalue weighted by molar-refractivity contribution is 0.0697. The van der Waals surface area contributed by atoms with Gasteiger partial charge in [0.2, 0.25) is 0 Å². The zero-order valence-electron chi connectivity index (χ0n) is 17.3. The topological polar surface area (TPSA) is 75.6 Å². The quantitative estimate of drug-likeness (QED) is 0.437.